The van der Waals surface area contributed by atoms with Gasteiger partial charge in [0.15, 0.2) is 0 Å². The molecule has 0 N–H and O–H groups in total. The van der Waals surface area contributed by atoms with Crippen molar-refractivity contribution < 1.29 is 37.4 Å². The van der Waals surface area contributed by atoms with Crippen LogP contribution in [-0.2, 0) is 29.4 Å². The summed E-state index contributed by atoms with van der Waals surface area (Å²) < 4.78 is 1.89. The van der Waals surface area contributed by atoms with Crippen LogP contribution in [0.4, 0.5) is 4.79 Å². The minimum Gasteiger partial charge on any atom is -0.652 e. The largest absolute Gasteiger partial charge is 2.00 e. The first-order chi connectivity index (χ1) is 4.63. The van der Waals surface area contributed by atoms with Crippen molar-refractivity contribution in [1.82, 2.24) is 9.55 Å². The van der Waals surface area contributed by atoms with E-state index in [1.165, 1.54) is 0 Å². The van der Waals surface area contributed by atoms with E-state index in [0.29, 0.717) is 0 Å². The quantitative estimate of drug-likeness (QED) is 0.497. The van der Waals surface area contributed by atoms with Gasteiger partial charge in [-0.15, -0.1) is 0 Å². The number of aryl methyl sites for hydroxylation is 1. The molecule has 1 radical (unpaired) electrons. The van der Waals surface area contributed by atoms with Crippen molar-refractivity contribution in [3.05, 3.63) is 18.7 Å². The Balaban J connectivity index is 0. The number of imidazole rings is 1. The van der Waals surface area contributed by atoms with E-state index in [9.17, 15) is 0 Å². The van der Waals surface area contributed by atoms with E-state index >= 15 is 0 Å². The summed E-state index contributed by atoms with van der Waals surface area (Å²) in [5.74, 6) is 0. The van der Waals surface area contributed by atoms with E-state index in [4.69, 9.17) is 15.0 Å². The van der Waals surface area contributed by atoms with Crippen LogP contribution in [-0.4, -0.2) is 15.7 Å². The van der Waals surface area contributed by atoms with Crippen LogP contribution >= 0.6 is 0 Å². The molecule has 0 aliphatic heterocycles. The van der Waals surface area contributed by atoms with E-state index < -0.39 is 6.16 Å². The molecule has 1 aromatic rings. The van der Waals surface area contributed by atoms with Gasteiger partial charge in [-0.3, -0.25) is 0 Å². The third-order valence-corrected chi connectivity index (χ3v) is 0.637. The van der Waals surface area contributed by atoms with Gasteiger partial charge in [0.25, 0.3) is 0 Å². The van der Waals surface area contributed by atoms with Crippen molar-refractivity contribution in [2.45, 2.75) is 0 Å². The van der Waals surface area contributed by atoms with Crippen molar-refractivity contribution in [2.24, 2.45) is 7.05 Å². The number of aromatic nitrogens is 2. The molecule has 1 rings (SSSR count). The monoisotopic (exact) mass is 249 g/mol. The molecule has 5 nitrogen and oxygen atoms in total. The SMILES string of the molecule is Cn1ccnc1.O=C([O-])[O-].[Ag+2]. The predicted octanol–water partition coefficient (Wildman–Crippen LogP) is -2.03. The van der Waals surface area contributed by atoms with Gasteiger partial charge in [-0.05, 0) is 6.16 Å². The standard InChI is InChI=1S/C4H6N2.CH2O3.Ag/c1-6-3-2-5-4-6;2-1(3)4;/h2-4H,1H3;(H2,2,3,4);/q;;+2/p-2. The molecule has 0 saturated heterocycles. The number of rotatable bonds is 0. The summed E-state index contributed by atoms with van der Waals surface area (Å²) >= 11 is 0. The number of hydrogen-bond acceptors (Lipinski definition) is 4. The van der Waals surface area contributed by atoms with Crippen LogP contribution < -0.4 is 10.2 Å². The Morgan fingerprint density at radius 2 is 2.00 bits per heavy atom. The third kappa shape index (κ3) is 12.4. The molecule has 11 heavy (non-hydrogen) atoms. The maximum Gasteiger partial charge on any atom is 2.00 e. The molecule has 6 heteroatoms. The molecule has 1 heterocycles. The normalized spacial score (nSPS) is 7.00. The zero-order valence-electron chi connectivity index (χ0n) is 5.65. The summed E-state index contributed by atoms with van der Waals surface area (Å²) in [5, 5.41) is 16.7. The molecule has 0 amide bonds. The molecule has 0 fully saturated rings. The van der Waals surface area contributed by atoms with E-state index in [-0.39, 0.29) is 22.4 Å². The summed E-state index contributed by atoms with van der Waals surface area (Å²) in [7, 11) is 1.94. The molecule has 0 bridgehead atoms. The van der Waals surface area contributed by atoms with Crippen LogP contribution in [0.15, 0.2) is 18.7 Å². The number of nitrogens with zero attached hydrogens (tertiary/aromatic N) is 2. The van der Waals surface area contributed by atoms with Crippen molar-refractivity contribution in [3.63, 3.8) is 0 Å². The molecule has 0 saturated carbocycles. The molecule has 65 valence electrons. The Bertz CT molecular complexity index is 184. The molecule has 0 aromatic carbocycles. The number of carboxylic acid groups (broad SMARTS) is 2. The van der Waals surface area contributed by atoms with Gasteiger partial charge in [-0.2, -0.15) is 0 Å². The average molecular weight is 250 g/mol. The van der Waals surface area contributed by atoms with Gasteiger partial charge >= 0.3 is 22.4 Å². The maximum absolute atomic E-state index is 8.33. The minimum absolute atomic E-state index is 0. The summed E-state index contributed by atoms with van der Waals surface area (Å²) in [5.41, 5.74) is 0. The number of carbonyl (C=O) groups excluding carboxylic acids is 1. The molecule has 0 spiro atoms. The van der Waals surface area contributed by atoms with Gasteiger partial charge in [0.05, 0.1) is 6.33 Å². The van der Waals surface area contributed by atoms with Crippen LogP contribution in [0.2, 0.25) is 0 Å². The van der Waals surface area contributed by atoms with E-state index in [1.807, 2.05) is 17.8 Å². The van der Waals surface area contributed by atoms with Gasteiger partial charge in [-0.1, -0.05) is 0 Å². The summed E-state index contributed by atoms with van der Waals surface area (Å²) in [6.45, 7) is 0. The van der Waals surface area contributed by atoms with Crippen molar-refractivity contribution in [2.75, 3.05) is 0 Å². The van der Waals surface area contributed by atoms with Gasteiger partial charge in [-0.25, -0.2) is 4.98 Å². The molecule has 0 aliphatic rings. The Hall–Kier alpha value is -0.780. The zero-order valence-corrected chi connectivity index (χ0v) is 7.13. The summed E-state index contributed by atoms with van der Waals surface area (Å²) in [4.78, 5) is 12.1. The van der Waals surface area contributed by atoms with Crippen molar-refractivity contribution in [1.29, 1.82) is 0 Å². The topological polar surface area (TPSA) is 81.0 Å². The number of hydrogen-bond donors (Lipinski definition) is 0. The second-order valence-electron chi connectivity index (χ2n) is 1.48. The molecular weight excluding hydrogens is 244 g/mol. The Morgan fingerprint density at radius 3 is 2.09 bits per heavy atom. The summed E-state index contributed by atoms with van der Waals surface area (Å²) in [6.07, 6.45) is 3.06. The first-order valence-corrected chi connectivity index (χ1v) is 2.43. The van der Waals surface area contributed by atoms with E-state index in [0.717, 1.165) is 0 Å². The van der Waals surface area contributed by atoms with E-state index in [1.54, 1.807) is 12.5 Å². The van der Waals surface area contributed by atoms with Gasteiger partial charge < -0.3 is 19.6 Å². The summed E-state index contributed by atoms with van der Waals surface area (Å²) in [6, 6.07) is 0. The molecule has 1 aromatic heterocycles. The van der Waals surface area contributed by atoms with Crippen LogP contribution in [0.25, 0.3) is 0 Å². The Kier molecular flexibility index (Phi) is 8.57. The molecule has 0 atom stereocenters. The fourth-order valence-corrected chi connectivity index (χ4v) is 0.326. The Labute approximate surface area is 79.2 Å². The first kappa shape index (κ1) is 12.9. The van der Waals surface area contributed by atoms with Crippen LogP contribution in [0, 0.1) is 0 Å². The van der Waals surface area contributed by atoms with Crippen molar-refractivity contribution in [3.8, 4) is 0 Å². The number of carbonyl (C=O) groups is 1. The van der Waals surface area contributed by atoms with Crippen LogP contribution in [0.3, 0.4) is 0 Å². The minimum atomic E-state index is -2.33. The van der Waals surface area contributed by atoms with Gasteiger partial charge in [0.2, 0.25) is 0 Å². The molecule has 0 unspecified atom stereocenters. The Morgan fingerprint density at radius 1 is 1.55 bits per heavy atom. The van der Waals surface area contributed by atoms with Gasteiger partial charge in [0, 0.05) is 19.4 Å². The van der Waals surface area contributed by atoms with Crippen molar-refractivity contribution >= 4 is 6.16 Å². The first-order valence-electron chi connectivity index (χ1n) is 2.43. The second-order valence-corrected chi connectivity index (χ2v) is 1.48. The van der Waals surface area contributed by atoms with E-state index in [2.05, 4.69) is 4.98 Å². The zero-order chi connectivity index (χ0) is 7.98. The third-order valence-electron chi connectivity index (χ3n) is 0.637. The smallest absolute Gasteiger partial charge is 0.652 e. The maximum atomic E-state index is 8.33. The predicted molar refractivity (Wildman–Crippen MR) is 28.6 cm³/mol. The fraction of sp³-hybridized carbons (Fsp3) is 0.200. The van der Waals surface area contributed by atoms with Gasteiger partial charge in [0.1, 0.15) is 0 Å². The van der Waals surface area contributed by atoms with Crippen LogP contribution in [0.1, 0.15) is 0 Å². The average Bonchev–Trinajstić information content (AvgIpc) is 2.15. The fourth-order valence-electron chi connectivity index (χ4n) is 0.326. The molecule has 0 aliphatic carbocycles. The molecular formula is C5H6AgN2O3. The van der Waals surface area contributed by atoms with Crippen LogP contribution in [0.5, 0.6) is 0 Å². The second kappa shape index (κ2) is 7.33.